The van der Waals surface area contributed by atoms with E-state index in [4.69, 9.17) is 32.5 Å². The lowest BCUT2D eigenvalue weighted by molar-refractivity contribution is -0.120. The molecule has 5 aromatic heterocycles. The van der Waals surface area contributed by atoms with Crippen molar-refractivity contribution in [2.45, 2.75) is 177 Å². The number of halogens is 3. The third-order valence-electron chi connectivity index (χ3n) is 20.2. The molecule has 27 heteroatoms. The standard InChI is InChI=1S/C17H22N4O2.C16H21N5O2.C16H21N3.C15H19N3O.C10H9ClN2.C7H14.C2H4BrNO.ClH/c1-12-8-13-14(9-15(12)23-10-16(18)22)19-11-20-17(13)21-6-4-2-3-5-7-21;1-11-7-12-13(8-14(11)23-9-15(17)22)19-10-20-16(12)21-5-2-3-18-4-6-21;1-12-9-14-15(10-13(12)2)17-11-18-16(14)19-7-5-3-4-6-8-19;1-11-8-12-13(9-14(11)19)16-10-17-15(12)18-6-4-2-3-5-7-18;1-6-3-8-9(4-7(6)2)12-5-13-10(8)11;1-2-4-6-7-5-3-1;3-1-2(4)5;/h8-9,11H,2-7,10H2,1H3,(H2,18,22);7-8,10,18H,2-6,9H2,1H3,(H2,17,22);9-11H,3-8H2,1-2H3;8-10,19H,2-7H2,1H3;3-5H,1-2H3;1-7H2;1H2,(H2,4,5);1H. The fourth-order valence-corrected chi connectivity index (χ4v) is 14.1. The predicted molar refractivity (Wildman–Crippen MR) is 451 cm³/mol. The molecule has 15 rings (SSSR count). The number of nitrogens with zero attached hydrogens (tertiary/aromatic N) is 14. The Hall–Kier alpha value is -9.17. The molecule has 0 atom stereocenters. The van der Waals surface area contributed by atoms with Crippen LogP contribution in [-0.2, 0) is 14.4 Å². The van der Waals surface area contributed by atoms with Crippen LogP contribution in [-0.4, -0.2) is 157 Å². The summed E-state index contributed by atoms with van der Waals surface area (Å²) >= 11 is 8.77. The van der Waals surface area contributed by atoms with Crippen molar-refractivity contribution < 1.29 is 29.0 Å². The molecule has 110 heavy (non-hydrogen) atoms. The molecule has 5 aromatic carbocycles. The molecule has 24 nitrogen and oxygen atoms in total. The minimum atomic E-state index is -0.495. The van der Waals surface area contributed by atoms with Crippen molar-refractivity contribution >= 4 is 135 Å². The number of benzene rings is 5. The van der Waals surface area contributed by atoms with E-state index >= 15 is 0 Å². The Morgan fingerprint density at radius 3 is 1.02 bits per heavy atom. The van der Waals surface area contributed by atoms with Crippen LogP contribution in [0.3, 0.4) is 0 Å². The third kappa shape index (κ3) is 25.7. The highest BCUT2D eigenvalue weighted by atomic mass is 79.9. The number of nitrogens with two attached hydrogens (primary N) is 3. The molecule has 10 aromatic rings. The lowest BCUT2D eigenvalue weighted by Crippen LogP contribution is -2.28. The number of aryl methyl sites for hydroxylation is 7. The normalized spacial score (nSPS) is 15.3. The van der Waals surface area contributed by atoms with Crippen LogP contribution < -0.4 is 51.6 Å². The van der Waals surface area contributed by atoms with Crippen LogP contribution in [0.15, 0.2) is 92.3 Å². The van der Waals surface area contributed by atoms with Crippen molar-refractivity contribution in [1.82, 2.24) is 55.2 Å². The fraction of sp³-hybridized carbons (Fsp3) is 0.482. The van der Waals surface area contributed by atoms with E-state index in [9.17, 15) is 19.5 Å². The first-order valence-corrected chi connectivity index (χ1v) is 40.2. The Morgan fingerprint density at radius 2 is 0.655 bits per heavy atom. The molecule has 1 aliphatic carbocycles. The van der Waals surface area contributed by atoms with Gasteiger partial charge in [0.2, 0.25) is 5.91 Å². The van der Waals surface area contributed by atoms with Crippen molar-refractivity contribution in [2.24, 2.45) is 17.2 Å². The summed E-state index contributed by atoms with van der Waals surface area (Å²) in [5, 5.41) is 19.2. The number of hydrogen-bond acceptors (Lipinski definition) is 21. The number of aromatic nitrogens is 10. The topological polar surface area (TPSA) is 322 Å². The first-order chi connectivity index (χ1) is 52.8. The SMILES string of the molecule is C1CCCCCC1.Cc1cc2c(N3CCCCCC3)ncnc2cc1O.Cc1cc2c(N3CCCCCC3)ncnc2cc1OCC(N)=O.Cc1cc2c(N3CCCNCC3)ncnc2cc1OCC(N)=O.Cc1cc2ncnc(Cl)c2cc1C.Cc1cc2ncnc(N3CCCCCC3)c2cc1C.Cl.NC(=O)CBr. The van der Waals surface area contributed by atoms with Gasteiger partial charge in [-0.05, 0) is 181 Å². The van der Waals surface area contributed by atoms with Gasteiger partial charge < -0.3 is 56.7 Å². The number of carbonyl (C=O) groups excluding carboxylic acids is 3. The number of ether oxygens (including phenoxy) is 2. The highest BCUT2D eigenvalue weighted by Crippen LogP contribution is 2.35. The van der Waals surface area contributed by atoms with E-state index in [2.05, 4.69) is 136 Å². The van der Waals surface area contributed by atoms with Gasteiger partial charge in [0.05, 0.1) is 32.9 Å². The number of anilines is 4. The molecule has 0 bridgehead atoms. The number of aromatic hydroxyl groups is 1. The highest BCUT2D eigenvalue weighted by Gasteiger charge is 2.21. The van der Waals surface area contributed by atoms with E-state index < -0.39 is 11.8 Å². The van der Waals surface area contributed by atoms with Crippen molar-refractivity contribution in [3.63, 3.8) is 0 Å². The maximum atomic E-state index is 10.9. The second-order valence-electron chi connectivity index (χ2n) is 28.7. The number of alkyl halides is 1. The smallest absolute Gasteiger partial charge is 0.255 e. The minimum absolute atomic E-state index is 0. The van der Waals surface area contributed by atoms with Crippen molar-refractivity contribution in [1.29, 1.82) is 0 Å². The summed E-state index contributed by atoms with van der Waals surface area (Å²) in [4.78, 5) is 84.3. The van der Waals surface area contributed by atoms with Gasteiger partial charge in [0.1, 0.15) is 77.3 Å². The largest absolute Gasteiger partial charge is 0.508 e. The van der Waals surface area contributed by atoms with Gasteiger partial charge in [-0.1, -0.05) is 111 Å². The summed E-state index contributed by atoms with van der Waals surface area (Å²) < 4.78 is 10.9. The monoisotopic (exact) mass is 1600 g/mol. The lowest BCUT2D eigenvalue weighted by Gasteiger charge is -2.23. The van der Waals surface area contributed by atoms with Gasteiger partial charge in [0.25, 0.3) is 11.8 Å². The Kier molecular flexibility index (Phi) is 35.1. The first kappa shape index (κ1) is 86.4. The molecule has 8 N–H and O–H groups in total. The number of nitrogens with one attached hydrogen (secondary N) is 1. The molecular formula is C83H111BrCl2N18O6. The number of fused-ring (bicyclic) bond motifs is 5. The second kappa shape index (κ2) is 44.6. The van der Waals surface area contributed by atoms with E-state index in [1.165, 1.54) is 156 Å². The van der Waals surface area contributed by atoms with Gasteiger partial charge in [0.15, 0.2) is 13.2 Å². The Labute approximate surface area is 666 Å². The average molecular weight is 1610 g/mol. The summed E-state index contributed by atoms with van der Waals surface area (Å²) in [7, 11) is 0. The second-order valence-corrected chi connectivity index (χ2v) is 29.6. The van der Waals surface area contributed by atoms with Crippen LogP contribution in [0.5, 0.6) is 17.2 Å². The third-order valence-corrected chi connectivity index (χ3v) is 21.0. The Balaban J connectivity index is 0.000000167. The quantitative estimate of drug-likeness (QED) is 0.0456. The van der Waals surface area contributed by atoms with Gasteiger partial charge in [-0.3, -0.25) is 14.4 Å². The zero-order chi connectivity index (χ0) is 77.6. The zero-order valence-corrected chi connectivity index (χ0v) is 68.3. The molecule has 4 saturated heterocycles. The number of amides is 3. The zero-order valence-electron chi connectivity index (χ0n) is 65.1. The van der Waals surface area contributed by atoms with Crippen molar-refractivity contribution in [2.75, 3.05) is 104 Å². The predicted octanol–water partition coefficient (Wildman–Crippen LogP) is 15.4. The number of carbonyl (C=O) groups is 3. The summed E-state index contributed by atoms with van der Waals surface area (Å²) in [5.74, 6) is 4.31. The van der Waals surface area contributed by atoms with Gasteiger partial charge in [-0.25, -0.2) is 49.8 Å². The molecule has 0 radical (unpaired) electrons. The molecule has 3 amide bonds. The maximum Gasteiger partial charge on any atom is 0.255 e. The number of phenols is 1. The summed E-state index contributed by atoms with van der Waals surface area (Å²) in [6.07, 6.45) is 34.8. The van der Waals surface area contributed by atoms with E-state index in [1.807, 2.05) is 63.2 Å². The van der Waals surface area contributed by atoms with E-state index in [0.29, 0.717) is 22.4 Å². The summed E-state index contributed by atoms with van der Waals surface area (Å²) in [6.45, 7) is 24.3. The molecule has 0 unspecified atom stereocenters. The van der Waals surface area contributed by atoms with Crippen molar-refractivity contribution in [3.05, 3.63) is 136 Å². The Morgan fingerprint density at radius 1 is 0.373 bits per heavy atom. The molecule has 4 aliphatic heterocycles. The van der Waals surface area contributed by atoms with Crippen LogP contribution in [0.25, 0.3) is 54.5 Å². The van der Waals surface area contributed by atoms with Crippen LogP contribution in [0.1, 0.15) is 167 Å². The van der Waals surface area contributed by atoms with E-state index in [1.54, 1.807) is 31.4 Å². The van der Waals surface area contributed by atoms with Crippen molar-refractivity contribution in [3.8, 4) is 17.2 Å². The van der Waals surface area contributed by atoms with E-state index in [-0.39, 0.29) is 36.9 Å². The van der Waals surface area contributed by atoms with Crippen LogP contribution in [0.4, 0.5) is 23.3 Å². The summed E-state index contributed by atoms with van der Waals surface area (Å²) in [5.41, 5.74) is 27.1. The average Bonchev–Trinajstić information content (AvgIpc) is 0.987. The molecule has 0 spiro atoms. The number of rotatable bonds is 11. The van der Waals surface area contributed by atoms with Gasteiger partial charge >= 0.3 is 0 Å². The van der Waals surface area contributed by atoms with E-state index in [0.717, 1.165) is 161 Å². The van der Waals surface area contributed by atoms with Gasteiger partial charge in [-0.2, -0.15) is 0 Å². The van der Waals surface area contributed by atoms with Gasteiger partial charge in [-0.15, -0.1) is 12.4 Å². The number of hydrogen-bond donors (Lipinski definition) is 5. The fourth-order valence-electron chi connectivity index (χ4n) is 13.9. The number of phenolic OH excluding ortho intramolecular Hbond substituents is 1. The minimum Gasteiger partial charge on any atom is -0.508 e. The highest BCUT2D eigenvalue weighted by molar-refractivity contribution is 9.09. The molecule has 9 heterocycles. The molecule has 5 fully saturated rings. The molecule has 1 saturated carbocycles. The molecule has 590 valence electrons. The van der Waals surface area contributed by atoms with Crippen LogP contribution in [0.2, 0.25) is 5.15 Å². The first-order valence-electron chi connectivity index (χ1n) is 38.7. The van der Waals surface area contributed by atoms with Crippen LogP contribution >= 0.6 is 39.9 Å². The Bertz CT molecular complexity index is 4380. The maximum absolute atomic E-state index is 10.9. The van der Waals surface area contributed by atoms with Gasteiger partial charge in [0, 0.05) is 104 Å². The lowest BCUT2D eigenvalue weighted by atomic mass is 10.1. The summed E-state index contributed by atoms with van der Waals surface area (Å²) in [6, 6.07) is 19.9. The van der Waals surface area contributed by atoms with Crippen LogP contribution in [0, 0.1) is 48.5 Å². The number of primary amides is 3. The molecule has 5 aliphatic rings. The molecular weight excluding hydrogens is 1500 g/mol.